The maximum absolute atomic E-state index is 13.0. The number of halogens is 1. The van der Waals surface area contributed by atoms with Crippen LogP contribution in [0.2, 0.25) is 5.02 Å². The van der Waals surface area contributed by atoms with Crippen molar-refractivity contribution < 1.29 is 14.3 Å². The third kappa shape index (κ3) is 3.08. The molecule has 2 aromatic rings. The highest BCUT2D eigenvalue weighted by molar-refractivity contribution is 6.46. The number of benzene rings is 2. The lowest BCUT2D eigenvalue weighted by molar-refractivity contribution is -0.135. The summed E-state index contributed by atoms with van der Waals surface area (Å²) in [5.74, 6) is -2.00. The molecule has 3 rings (SSSR count). The van der Waals surface area contributed by atoms with Gasteiger partial charge >= 0.3 is 5.97 Å². The number of hydrogen-bond acceptors (Lipinski definition) is 5. The smallest absolute Gasteiger partial charge is 0.355 e. The second-order valence-corrected chi connectivity index (χ2v) is 5.78. The fourth-order valence-corrected chi connectivity index (χ4v) is 2.88. The number of amides is 1. The largest absolute Gasteiger partial charge is 0.461 e. The molecule has 25 heavy (non-hydrogen) atoms. The molecule has 6 nitrogen and oxygen atoms in total. The molecule has 2 N–H and O–H groups in total. The highest BCUT2D eigenvalue weighted by atomic mass is 35.5. The third-order valence-electron chi connectivity index (χ3n) is 3.81. The van der Waals surface area contributed by atoms with Crippen LogP contribution in [0, 0.1) is 0 Å². The zero-order valence-corrected chi connectivity index (χ0v) is 14.2. The van der Waals surface area contributed by atoms with Gasteiger partial charge in [0.15, 0.2) is 5.71 Å². The zero-order chi connectivity index (χ0) is 18.0. The van der Waals surface area contributed by atoms with Gasteiger partial charge in [0, 0.05) is 5.69 Å². The van der Waals surface area contributed by atoms with Crippen LogP contribution >= 0.6 is 11.6 Å². The van der Waals surface area contributed by atoms with E-state index in [0.717, 1.165) is 5.01 Å². The van der Waals surface area contributed by atoms with Gasteiger partial charge in [-0.2, -0.15) is 10.1 Å². The summed E-state index contributed by atoms with van der Waals surface area (Å²) in [5.41, 5.74) is 7.31. The van der Waals surface area contributed by atoms with Gasteiger partial charge in [-0.05, 0) is 30.7 Å². The van der Waals surface area contributed by atoms with Crippen molar-refractivity contribution in [1.29, 1.82) is 0 Å². The molecule has 2 aromatic carbocycles. The zero-order valence-electron chi connectivity index (χ0n) is 13.5. The van der Waals surface area contributed by atoms with Crippen LogP contribution < -0.4 is 10.7 Å². The Hall–Kier alpha value is -2.86. The normalized spacial score (nSPS) is 16.7. The van der Waals surface area contributed by atoms with Crippen molar-refractivity contribution in [1.82, 2.24) is 0 Å². The van der Waals surface area contributed by atoms with Crippen molar-refractivity contribution in [3.8, 4) is 0 Å². The van der Waals surface area contributed by atoms with Crippen LogP contribution in [0.25, 0.3) is 0 Å². The highest BCUT2D eigenvalue weighted by Crippen LogP contribution is 2.36. The van der Waals surface area contributed by atoms with Crippen molar-refractivity contribution in [2.24, 2.45) is 5.10 Å². The van der Waals surface area contributed by atoms with Crippen LogP contribution in [0.1, 0.15) is 18.4 Å². The predicted octanol–water partition coefficient (Wildman–Crippen LogP) is 2.97. The molecule has 1 amide bonds. The highest BCUT2D eigenvalue weighted by Gasteiger charge is 2.43. The fourth-order valence-electron chi connectivity index (χ4n) is 2.67. The molecule has 0 saturated carbocycles. The Morgan fingerprint density at radius 3 is 2.60 bits per heavy atom. The summed E-state index contributed by atoms with van der Waals surface area (Å²) in [6, 6.07) is 13.7. The molecule has 1 atom stereocenters. The predicted molar refractivity (Wildman–Crippen MR) is 96.6 cm³/mol. The Morgan fingerprint density at radius 2 is 1.92 bits per heavy atom. The van der Waals surface area contributed by atoms with Gasteiger partial charge in [-0.15, -0.1) is 0 Å². The minimum Gasteiger partial charge on any atom is -0.461 e. The van der Waals surface area contributed by atoms with Crippen molar-refractivity contribution in [3.63, 3.8) is 0 Å². The topological polar surface area (TPSA) is 85.0 Å². The van der Waals surface area contributed by atoms with E-state index >= 15 is 0 Å². The molecule has 7 heteroatoms. The molecule has 0 fully saturated rings. The number of nitrogen functional groups attached to an aromatic ring is 1. The first-order valence-electron chi connectivity index (χ1n) is 7.73. The van der Waals surface area contributed by atoms with E-state index in [-0.39, 0.29) is 12.3 Å². The third-order valence-corrected chi connectivity index (χ3v) is 4.13. The van der Waals surface area contributed by atoms with Gasteiger partial charge in [-0.3, -0.25) is 4.79 Å². The van der Waals surface area contributed by atoms with E-state index in [2.05, 4.69) is 5.10 Å². The standard InChI is InChI=1S/C18H16ClN3O3/c1-2-25-18(24)16-15(11-7-3-5-9-13(11)20)17(23)22(21-16)14-10-6-4-8-12(14)19/h3-10,15H,2,20H2,1H3. The average molecular weight is 358 g/mol. The molecule has 0 radical (unpaired) electrons. The second-order valence-electron chi connectivity index (χ2n) is 5.37. The van der Waals surface area contributed by atoms with E-state index in [4.69, 9.17) is 22.1 Å². The molecule has 0 bridgehead atoms. The number of ether oxygens (including phenoxy) is 1. The Labute approximate surface area is 149 Å². The van der Waals surface area contributed by atoms with Crippen LogP contribution in [-0.4, -0.2) is 24.2 Å². The van der Waals surface area contributed by atoms with Gasteiger partial charge in [-0.1, -0.05) is 41.9 Å². The van der Waals surface area contributed by atoms with E-state index in [1.807, 2.05) is 0 Å². The summed E-state index contributed by atoms with van der Waals surface area (Å²) in [4.78, 5) is 25.4. The van der Waals surface area contributed by atoms with E-state index < -0.39 is 17.8 Å². The number of nitrogens with zero attached hydrogens (tertiary/aromatic N) is 2. The van der Waals surface area contributed by atoms with E-state index in [9.17, 15) is 9.59 Å². The van der Waals surface area contributed by atoms with Gasteiger partial charge in [0.1, 0.15) is 5.92 Å². The number of hydrazone groups is 1. The minimum atomic E-state index is -0.934. The molecule has 0 saturated heterocycles. The molecule has 0 aromatic heterocycles. The van der Waals surface area contributed by atoms with Crippen molar-refractivity contribution in [2.75, 3.05) is 17.3 Å². The van der Waals surface area contributed by atoms with Gasteiger partial charge in [0.25, 0.3) is 5.91 Å². The number of carbonyl (C=O) groups excluding carboxylic acids is 2. The molecule has 1 aliphatic heterocycles. The first-order valence-corrected chi connectivity index (χ1v) is 8.11. The summed E-state index contributed by atoms with van der Waals surface area (Å²) >= 11 is 6.18. The summed E-state index contributed by atoms with van der Waals surface area (Å²) in [7, 11) is 0. The van der Waals surface area contributed by atoms with Gasteiger partial charge in [0.05, 0.1) is 17.3 Å². The molecular formula is C18H16ClN3O3. The number of rotatable bonds is 4. The molecule has 0 aliphatic carbocycles. The van der Waals surface area contributed by atoms with Crippen molar-refractivity contribution in [3.05, 3.63) is 59.1 Å². The number of hydrogen-bond donors (Lipinski definition) is 1. The summed E-state index contributed by atoms with van der Waals surface area (Å²) in [5, 5.41) is 5.69. The van der Waals surface area contributed by atoms with Crippen LogP contribution in [-0.2, 0) is 14.3 Å². The van der Waals surface area contributed by atoms with Crippen LogP contribution in [0.5, 0.6) is 0 Å². The van der Waals surface area contributed by atoms with Crippen molar-refractivity contribution in [2.45, 2.75) is 12.8 Å². The van der Waals surface area contributed by atoms with Crippen LogP contribution in [0.4, 0.5) is 11.4 Å². The Morgan fingerprint density at radius 1 is 1.24 bits per heavy atom. The molecule has 0 spiro atoms. The summed E-state index contributed by atoms with van der Waals surface area (Å²) in [6.45, 7) is 1.86. The van der Waals surface area contributed by atoms with E-state index in [0.29, 0.717) is 22.0 Å². The first-order chi connectivity index (χ1) is 12.0. The number of para-hydroxylation sites is 2. The Kier molecular flexibility index (Phi) is 4.72. The number of nitrogens with two attached hydrogens (primary N) is 1. The number of carbonyl (C=O) groups is 2. The first kappa shape index (κ1) is 17.0. The Bertz CT molecular complexity index is 866. The van der Waals surface area contributed by atoms with Crippen LogP contribution in [0.3, 0.4) is 0 Å². The molecular weight excluding hydrogens is 342 g/mol. The fraction of sp³-hybridized carbons (Fsp3) is 0.167. The minimum absolute atomic E-state index is 0.00957. The van der Waals surface area contributed by atoms with Crippen molar-refractivity contribution >= 4 is 40.6 Å². The molecule has 128 valence electrons. The van der Waals surface area contributed by atoms with Gasteiger partial charge in [0.2, 0.25) is 0 Å². The lowest BCUT2D eigenvalue weighted by Gasteiger charge is -2.16. The van der Waals surface area contributed by atoms with E-state index in [1.54, 1.807) is 55.5 Å². The lowest BCUT2D eigenvalue weighted by atomic mass is 9.92. The van der Waals surface area contributed by atoms with E-state index in [1.165, 1.54) is 0 Å². The maximum atomic E-state index is 13.0. The SMILES string of the molecule is CCOC(=O)C1=NN(c2ccccc2Cl)C(=O)C1c1ccccc1N. The quantitative estimate of drug-likeness (QED) is 0.673. The van der Waals surface area contributed by atoms with Gasteiger partial charge < -0.3 is 10.5 Å². The monoisotopic (exact) mass is 357 g/mol. The summed E-state index contributed by atoms with van der Waals surface area (Å²) < 4.78 is 5.06. The summed E-state index contributed by atoms with van der Waals surface area (Å²) in [6.07, 6.45) is 0. The number of anilines is 2. The second kappa shape index (κ2) is 6.94. The molecule has 1 heterocycles. The van der Waals surface area contributed by atoms with Gasteiger partial charge in [-0.25, -0.2) is 4.79 Å². The molecule has 1 aliphatic rings. The number of esters is 1. The lowest BCUT2D eigenvalue weighted by Crippen LogP contribution is -2.29. The van der Waals surface area contributed by atoms with Crippen LogP contribution in [0.15, 0.2) is 53.6 Å². The maximum Gasteiger partial charge on any atom is 0.355 e. The average Bonchev–Trinajstić information content (AvgIpc) is 2.93. The Balaban J connectivity index is 2.10. The molecule has 1 unspecified atom stereocenters.